The van der Waals surface area contributed by atoms with Gasteiger partial charge in [-0.1, -0.05) is 12.1 Å². The standard InChI is InChI=1S/C16H16F3N5/c17-16(18,19)12-3-1-11(2-4-12)14(24-15-22-7-8-23-15)9-13-10-20-5-6-21-13/h1-6,10,14H,7-9H2,(H2,22,23,24). The van der Waals surface area contributed by atoms with Crippen molar-refractivity contribution < 1.29 is 13.2 Å². The number of nitrogens with zero attached hydrogens (tertiary/aromatic N) is 3. The number of aromatic nitrogens is 2. The molecule has 1 aromatic carbocycles. The second-order valence-electron chi connectivity index (χ2n) is 5.37. The van der Waals surface area contributed by atoms with E-state index in [4.69, 9.17) is 0 Å². The smallest absolute Gasteiger partial charge is 0.355 e. The molecule has 2 N–H and O–H groups in total. The van der Waals surface area contributed by atoms with Crippen molar-refractivity contribution in [1.82, 2.24) is 20.6 Å². The summed E-state index contributed by atoms with van der Waals surface area (Å²) in [7, 11) is 0. The SMILES string of the molecule is FC(F)(F)c1ccc(C(Cc2cnccn2)N=C2NCCN2)cc1. The second kappa shape index (κ2) is 6.86. The summed E-state index contributed by atoms with van der Waals surface area (Å²) < 4.78 is 38.2. The molecule has 8 heteroatoms. The molecule has 1 fully saturated rings. The van der Waals surface area contributed by atoms with Gasteiger partial charge in [-0.25, -0.2) is 4.99 Å². The second-order valence-corrected chi connectivity index (χ2v) is 5.37. The highest BCUT2D eigenvalue weighted by molar-refractivity contribution is 5.81. The van der Waals surface area contributed by atoms with Gasteiger partial charge in [-0.15, -0.1) is 0 Å². The van der Waals surface area contributed by atoms with Gasteiger partial charge in [0.05, 0.1) is 17.3 Å². The van der Waals surface area contributed by atoms with Gasteiger partial charge in [0.1, 0.15) is 0 Å². The van der Waals surface area contributed by atoms with Crippen molar-refractivity contribution in [3.8, 4) is 0 Å². The summed E-state index contributed by atoms with van der Waals surface area (Å²) in [5.41, 5.74) is 0.746. The first-order valence-electron chi connectivity index (χ1n) is 7.50. The summed E-state index contributed by atoms with van der Waals surface area (Å²) in [5, 5.41) is 6.20. The predicted molar refractivity (Wildman–Crippen MR) is 83.4 cm³/mol. The Morgan fingerprint density at radius 1 is 1.08 bits per heavy atom. The third-order valence-electron chi connectivity index (χ3n) is 3.64. The van der Waals surface area contributed by atoms with Gasteiger partial charge in [-0.2, -0.15) is 13.2 Å². The molecule has 3 rings (SSSR count). The van der Waals surface area contributed by atoms with E-state index in [1.165, 1.54) is 12.1 Å². The van der Waals surface area contributed by atoms with Crippen LogP contribution in [0, 0.1) is 0 Å². The summed E-state index contributed by atoms with van der Waals surface area (Å²) in [5.74, 6) is 0.642. The zero-order chi connectivity index (χ0) is 17.0. The predicted octanol–water partition coefficient (Wildman–Crippen LogP) is 2.33. The molecular weight excluding hydrogens is 319 g/mol. The minimum absolute atomic E-state index is 0.350. The molecule has 2 aromatic rings. The number of aliphatic imine (C=N–C) groups is 1. The first-order valence-corrected chi connectivity index (χ1v) is 7.50. The Bertz CT molecular complexity index is 690. The Morgan fingerprint density at radius 3 is 2.38 bits per heavy atom. The largest absolute Gasteiger partial charge is 0.416 e. The third kappa shape index (κ3) is 4.01. The highest BCUT2D eigenvalue weighted by atomic mass is 19.4. The molecule has 1 unspecified atom stereocenters. The minimum atomic E-state index is -4.35. The maximum Gasteiger partial charge on any atom is 0.416 e. The molecule has 1 aliphatic heterocycles. The minimum Gasteiger partial charge on any atom is -0.355 e. The molecule has 0 bridgehead atoms. The van der Waals surface area contributed by atoms with Crippen LogP contribution < -0.4 is 10.6 Å². The van der Waals surface area contributed by atoms with E-state index in [0.29, 0.717) is 17.9 Å². The van der Waals surface area contributed by atoms with Crippen LogP contribution in [-0.4, -0.2) is 29.0 Å². The Hall–Kier alpha value is -2.64. The lowest BCUT2D eigenvalue weighted by atomic mass is 10.0. The molecule has 2 heterocycles. The quantitative estimate of drug-likeness (QED) is 0.900. The molecule has 0 aliphatic carbocycles. The van der Waals surface area contributed by atoms with Gasteiger partial charge in [0.2, 0.25) is 0 Å². The van der Waals surface area contributed by atoms with Crippen molar-refractivity contribution in [2.24, 2.45) is 4.99 Å². The van der Waals surface area contributed by atoms with Crippen molar-refractivity contribution in [1.29, 1.82) is 0 Å². The molecule has 126 valence electrons. The van der Waals surface area contributed by atoms with Crippen LogP contribution in [0.5, 0.6) is 0 Å². The monoisotopic (exact) mass is 335 g/mol. The van der Waals surface area contributed by atoms with Crippen LogP contribution in [-0.2, 0) is 12.6 Å². The summed E-state index contributed by atoms with van der Waals surface area (Å²) in [6.45, 7) is 1.54. The molecule has 1 atom stereocenters. The van der Waals surface area contributed by atoms with E-state index in [1.807, 2.05) is 0 Å². The fourth-order valence-corrected chi connectivity index (χ4v) is 2.44. The number of benzene rings is 1. The Morgan fingerprint density at radius 2 is 1.79 bits per heavy atom. The molecule has 0 radical (unpaired) electrons. The van der Waals surface area contributed by atoms with Crippen LogP contribution in [0.4, 0.5) is 13.2 Å². The number of guanidine groups is 1. The van der Waals surface area contributed by atoms with E-state index in [0.717, 1.165) is 30.9 Å². The van der Waals surface area contributed by atoms with Crippen molar-refractivity contribution >= 4 is 5.96 Å². The van der Waals surface area contributed by atoms with E-state index >= 15 is 0 Å². The number of alkyl halides is 3. The van der Waals surface area contributed by atoms with Crippen LogP contribution in [0.1, 0.15) is 22.9 Å². The lowest BCUT2D eigenvalue weighted by Gasteiger charge is -2.15. The molecule has 0 saturated carbocycles. The average molecular weight is 335 g/mol. The molecule has 1 aromatic heterocycles. The van der Waals surface area contributed by atoms with Gasteiger partial charge in [0.25, 0.3) is 0 Å². The van der Waals surface area contributed by atoms with Crippen LogP contribution >= 0.6 is 0 Å². The maximum absolute atomic E-state index is 12.7. The molecule has 0 spiro atoms. The Labute approximate surface area is 137 Å². The van der Waals surface area contributed by atoms with Crippen LogP contribution in [0.15, 0.2) is 47.8 Å². The zero-order valence-electron chi connectivity index (χ0n) is 12.7. The number of hydrogen-bond donors (Lipinski definition) is 2. The van der Waals surface area contributed by atoms with E-state index in [1.54, 1.807) is 18.6 Å². The Kier molecular flexibility index (Phi) is 4.64. The van der Waals surface area contributed by atoms with Crippen LogP contribution in [0.3, 0.4) is 0 Å². The van der Waals surface area contributed by atoms with Gasteiger partial charge >= 0.3 is 6.18 Å². The average Bonchev–Trinajstić information content (AvgIpc) is 3.08. The summed E-state index contributed by atoms with van der Waals surface area (Å²) in [4.78, 5) is 12.8. The van der Waals surface area contributed by atoms with Gasteiger partial charge in [-0.3, -0.25) is 9.97 Å². The fraction of sp³-hybridized carbons (Fsp3) is 0.312. The van der Waals surface area contributed by atoms with Crippen LogP contribution in [0.2, 0.25) is 0 Å². The van der Waals surface area contributed by atoms with E-state index < -0.39 is 11.7 Å². The van der Waals surface area contributed by atoms with Crippen LogP contribution in [0.25, 0.3) is 0 Å². The number of hydrogen-bond acceptors (Lipinski definition) is 3. The highest BCUT2D eigenvalue weighted by Gasteiger charge is 2.30. The van der Waals surface area contributed by atoms with Gasteiger partial charge in [-0.05, 0) is 17.7 Å². The summed E-state index contributed by atoms with van der Waals surface area (Å²) in [6.07, 6.45) is 0.888. The van der Waals surface area contributed by atoms with Gasteiger partial charge in [0.15, 0.2) is 5.96 Å². The number of nitrogens with one attached hydrogen (secondary N) is 2. The van der Waals surface area contributed by atoms with E-state index in [-0.39, 0.29) is 6.04 Å². The summed E-state index contributed by atoms with van der Waals surface area (Å²) in [6, 6.07) is 4.73. The van der Waals surface area contributed by atoms with Crippen molar-refractivity contribution in [2.45, 2.75) is 18.6 Å². The first-order chi connectivity index (χ1) is 11.5. The number of halogens is 3. The fourth-order valence-electron chi connectivity index (χ4n) is 2.44. The topological polar surface area (TPSA) is 62.2 Å². The molecule has 24 heavy (non-hydrogen) atoms. The van der Waals surface area contributed by atoms with Gasteiger partial charge in [0, 0.05) is 38.1 Å². The molecule has 0 amide bonds. The van der Waals surface area contributed by atoms with E-state index in [2.05, 4.69) is 25.6 Å². The lowest BCUT2D eigenvalue weighted by molar-refractivity contribution is -0.137. The normalized spacial score (nSPS) is 15.5. The van der Waals surface area contributed by atoms with Crippen molar-refractivity contribution in [3.63, 3.8) is 0 Å². The zero-order valence-corrected chi connectivity index (χ0v) is 12.7. The first kappa shape index (κ1) is 16.2. The number of rotatable bonds is 4. The Balaban J connectivity index is 1.87. The highest BCUT2D eigenvalue weighted by Crippen LogP contribution is 2.31. The summed E-state index contributed by atoms with van der Waals surface area (Å²) >= 11 is 0. The van der Waals surface area contributed by atoms with Gasteiger partial charge < -0.3 is 10.6 Å². The molecule has 1 saturated heterocycles. The molecule has 5 nitrogen and oxygen atoms in total. The maximum atomic E-state index is 12.7. The molecule has 1 aliphatic rings. The lowest BCUT2D eigenvalue weighted by Crippen LogP contribution is -2.25. The van der Waals surface area contributed by atoms with Crippen molar-refractivity contribution in [3.05, 3.63) is 59.7 Å². The van der Waals surface area contributed by atoms with Crippen molar-refractivity contribution in [2.75, 3.05) is 13.1 Å². The molecular formula is C16H16F3N5. The third-order valence-corrected chi connectivity index (χ3v) is 3.64. The van der Waals surface area contributed by atoms with E-state index in [9.17, 15) is 13.2 Å².